The van der Waals surface area contributed by atoms with Gasteiger partial charge in [-0.3, -0.25) is 5.32 Å². The van der Waals surface area contributed by atoms with Crippen molar-refractivity contribution in [3.63, 3.8) is 0 Å². The van der Waals surface area contributed by atoms with Crippen molar-refractivity contribution in [2.24, 2.45) is 0 Å². The monoisotopic (exact) mass is 329 g/mol. The van der Waals surface area contributed by atoms with Crippen LogP contribution in [0.4, 0.5) is 10.5 Å². The first-order valence-electron chi connectivity index (χ1n) is 5.63. The lowest BCUT2D eigenvalue weighted by Gasteiger charge is -2.20. The molecular weight excluding hydrogens is 314 g/mol. The molecule has 0 unspecified atom stereocenters. The van der Waals surface area contributed by atoms with Gasteiger partial charge < -0.3 is 9.84 Å². The van der Waals surface area contributed by atoms with E-state index in [1.165, 1.54) is 6.07 Å². The van der Waals surface area contributed by atoms with Crippen molar-refractivity contribution < 1.29 is 19.4 Å². The van der Waals surface area contributed by atoms with Gasteiger partial charge in [0, 0.05) is 10.2 Å². The molecule has 104 valence electrons. The number of carbonyl (C=O) groups is 2. The number of halogens is 1. The maximum absolute atomic E-state index is 11.6. The molecule has 0 spiro atoms. The Hall–Kier alpha value is -1.56. The molecule has 6 heteroatoms. The highest BCUT2D eigenvalue weighted by Crippen LogP contribution is 2.26. The van der Waals surface area contributed by atoms with Crippen LogP contribution in [0.2, 0.25) is 0 Å². The van der Waals surface area contributed by atoms with E-state index >= 15 is 0 Å². The summed E-state index contributed by atoms with van der Waals surface area (Å²) in [5, 5.41) is 11.6. The van der Waals surface area contributed by atoms with Gasteiger partial charge in [0.05, 0.1) is 5.56 Å². The highest BCUT2D eigenvalue weighted by molar-refractivity contribution is 9.10. The third-order valence-electron chi connectivity index (χ3n) is 2.18. The Labute approximate surface area is 120 Å². The number of hydrogen-bond donors (Lipinski definition) is 2. The smallest absolute Gasteiger partial charge is 0.412 e. The molecule has 5 nitrogen and oxygen atoms in total. The number of nitrogens with one attached hydrogen (secondary N) is 1. The number of benzene rings is 1. The lowest BCUT2D eigenvalue weighted by Crippen LogP contribution is -2.27. The SMILES string of the molecule is Cc1cc(C(=O)O)c(Br)cc1NC(=O)OC(C)(C)C. The molecule has 0 heterocycles. The minimum atomic E-state index is -1.03. The van der Waals surface area contributed by atoms with E-state index in [1.54, 1.807) is 33.8 Å². The zero-order valence-electron chi connectivity index (χ0n) is 11.2. The summed E-state index contributed by atoms with van der Waals surface area (Å²) in [7, 11) is 0. The fraction of sp³-hybridized carbons (Fsp3) is 0.385. The van der Waals surface area contributed by atoms with Gasteiger partial charge in [0.25, 0.3) is 0 Å². The van der Waals surface area contributed by atoms with Crippen molar-refractivity contribution >= 4 is 33.7 Å². The zero-order valence-corrected chi connectivity index (χ0v) is 12.8. The second-order valence-corrected chi connectivity index (χ2v) is 5.93. The molecule has 0 bridgehead atoms. The average Bonchev–Trinajstić information content (AvgIpc) is 2.19. The van der Waals surface area contributed by atoms with E-state index in [0.29, 0.717) is 15.7 Å². The number of rotatable bonds is 2. The van der Waals surface area contributed by atoms with Crippen LogP contribution in [0.5, 0.6) is 0 Å². The third kappa shape index (κ3) is 4.55. The summed E-state index contributed by atoms with van der Waals surface area (Å²) in [6.45, 7) is 7.01. The molecule has 1 amide bonds. The Morgan fingerprint density at radius 3 is 2.37 bits per heavy atom. The van der Waals surface area contributed by atoms with Crippen molar-refractivity contribution in [3.8, 4) is 0 Å². The predicted octanol–water partition coefficient (Wildman–Crippen LogP) is 3.80. The van der Waals surface area contributed by atoms with Crippen LogP contribution in [0, 0.1) is 6.92 Å². The van der Waals surface area contributed by atoms with Crippen molar-refractivity contribution in [3.05, 3.63) is 27.7 Å². The molecule has 1 aromatic carbocycles. The Morgan fingerprint density at radius 2 is 1.89 bits per heavy atom. The maximum atomic E-state index is 11.6. The first-order valence-corrected chi connectivity index (χ1v) is 6.43. The Kier molecular flexibility index (Phi) is 4.57. The molecule has 0 aliphatic rings. The minimum absolute atomic E-state index is 0.146. The van der Waals surface area contributed by atoms with Gasteiger partial charge in [0.15, 0.2) is 0 Å². The molecule has 0 atom stereocenters. The van der Waals surface area contributed by atoms with E-state index < -0.39 is 17.7 Å². The van der Waals surface area contributed by atoms with Gasteiger partial charge in [0.2, 0.25) is 0 Å². The van der Waals surface area contributed by atoms with E-state index in [1.807, 2.05) is 0 Å². The standard InChI is InChI=1S/C13H16BrNO4/c1-7-5-8(11(16)17)9(14)6-10(7)15-12(18)19-13(2,3)4/h5-6H,1-4H3,(H,15,18)(H,16,17). The van der Waals surface area contributed by atoms with Crippen molar-refractivity contribution in [1.29, 1.82) is 0 Å². The lowest BCUT2D eigenvalue weighted by molar-refractivity contribution is 0.0634. The minimum Gasteiger partial charge on any atom is -0.478 e. The van der Waals surface area contributed by atoms with Gasteiger partial charge in [-0.15, -0.1) is 0 Å². The third-order valence-corrected chi connectivity index (χ3v) is 2.84. The van der Waals surface area contributed by atoms with Crippen LogP contribution in [0.1, 0.15) is 36.7 Å². The number of aromatic carboxylic acids is 1. The van der Waals surface area contributed by atoms with Crippen LogP contribution in [0.3, 0.4) is 0 Å². The molecular formula is C13H16BrNO4. The number of amides is 1. The number of carboxylic acids is 1. The molecule has 0 aliphatic heterocycles. The van der Waals surface area contributed by atoms with E-state index in [2.05, 4.69) is 21.2 Å². The fourth-order valence-electron chi connectivity index (χ4n) is 1.39. The fourth-order valence-corrected chi connectivity index (χ4v) is 1.91. The average molecular weight is 330 g/mol. The highest BCUT2D eigenvalue weighted by atomic mass is 79.9. The van der Waals surface area contributed by atoms with E-state index in [-0.39, 0.29) is 5.56 Å². The van der Waals surface area contributed by atoms with Gasteiger partial charge in [-0.1, -0.05) is 0 Å². The Morgan fingerprint density at radius 1 is 1.32 bits per heavy atom. The highest BCUT2D eigenvalue weighted by Gasteiger charge is 2.18. The molecule has 1 aromatic rings. The van der Waals surface area contributed by atoms with Crippen LogP contribution in [-0.2, 0) is 4.74 Å². The summed E-state index contributed by atoms with van der Waals surface area (Å²) < 4.78 is 5.53. The van der Waals surface area contributed by atoms with Gasteiger partial charge >= 0.3 is 12.1 Å². The van der Waals surface area contributed by atoms with Crippen molar-refractivity contribution in [2.75, 3.05) is 5.32 Å². The summed E-state index contributed by atoms with van der Waals surface area (Å²) >= 11 is 3.16. The maximum Gasteiger partial charge on any atom is 0.412 e. The molecule has 2 N–H and O–H groups in total. The first kappa shape index (κ1) is 15.5. The van der Waals surface area contributed by atoms with E-state index in [9.17, 15) is 9.59 Å². The van der Waals surface area contributed by atoms with Gasteiger partial charge in [-0.05, 0) is 61.3 Å². The molecule has 19 heavy (non-hydrogen) atoms. The molecule has 0 aromatic heterocycles. The van der Waals surface area contributed by atoms with Crippen LogP contribution in [0.15, 0.2) is 16.6 Å². The Balaban J connectivity index is 2.95. The van der Waals surface area contributed by atoms with Crippen LogP contribution < -0.4 is 5.32 Å². The van der Waals surface area contributed by atoms with E-state index in [4.69, 9.17) is 9.84 Å². The zero-order chi connectivity index (χ0) is 14.8. The van der Waals surface area contributed by atoms with Gasteiger partial charge in [-0.2, -0.15) is 0 Å². The lowest BCUT2D eigenvalue weighted by atomic mass is 10.1. The van der Waals surface area contributed by atoms with Crippen molar-refractivity contribution in [2.45, 2.75) is 33.3 Å². The van der Waals surface area contributed by atoms with E-state index in [0.717, 1.165) is 0 Å². The summed E-state index contributed by atoms with van der Waals surface area (Å²) in [4.78, 5) is 22.6. The number of carboxylic acid groups (broad SMARTS) is 1. The van der Waals surface area contributed by atoms with Crippen LogP contribution in [-0.4, -0.2) is 22.8 Å². The quantitative estimate of drug-likeness (QED) is 0.865. The second-order valence-electron chi connectivity index (χ2n) is 5.08. The molecule has 0 saturated carbocycles. The second kappa shape index (κ2) is 5.61. The first-order chi connectivity index (χ1) is 8.60. The number of aryl methyl sites for hydroxylation is 1. The largest absolute Gasteiger partial charge is 0.478 e. The van der Waals surface area contributed by atoms with Crippen LogP contribution in [0.25, 0.3) is 0 Å². The number of hydrogen-bond acceptors (Lipinski definition) is 3. The summed E-state index contributed by atoms with van der Waals surface area (Å²) in [5.74, 6) is -1.03. The summed E-state index contributed by atoms with van der Waals surface area (Å²) in [6.07, 6.45) is -0.578. The van der Waals surface area contributed by atoms with Gasteiger partial charge in [-0.25, -0.2) is 9.59 Å². The molecule has 0 fully saturated rings. The molecule has 1 rings (SSSR count). The van der Waals surface area contributed by atoms with Crippen LogP contribution >= 0.6 is 15.9 Å². The van der Waals surface area contributed by atoms with Crippen molar-refractivity contribution in [1.82, 2.24) is 0 Å². The number of ether oxygens (including phenoxy) is 1. The molecule has 0 aliphatic carbocycles. The van der Waals surface area contributed by atoms with Gasteiger partial charge in [0.1, 0.15) is 5.60 Å². The summed E-state index contributed by atoms with van der Waals surface area (Å²) in [5.41, 5.74) is 0.709. The topological polar surface area (TPSA) is 75.6 Å². The summed E-state index contributed by atoms with van der Waals surface area (Å²) in [6, 6.07) is 3.03. The Bertz CT molecular complexity index is 520. The number of anilines is 1. The normalized spacial score (nSPS) is 11.0. The molecule has 0 radical (unpaired) electrons. The number of carbonyl (C=O) groups excluding carboxylic acids is 1. The molecule has 0 saturated heterocycles. The predicted molar refractivity (Wildman–Crippen MR) is 75.7 cm³/mol.